The summed E-state index contributed by atoms with van der Waals surface area (Å²) < 4.78 is 0. The summed E-state index contributed by atoms with van der Waals surface area (Å²) in [7, 11) is 0. The molecule has 0 radical (unpaired) electrons. The monoisotopic (exact) mass is 280 g/mol. The van der Waals surface area contributed by atoms with E-state index in [-0.39, 0.29) is 6.42 Å². The van der Waals surface area contributed by atoms with Gasteiger partial charge in [-0.1, -0.05) is 18.2 Å². The van der Waals surface area contributed by atoms with E-state index in [2.05, 4.69) is 5.32 Å². The summed E-state index contributed by atoms with van der Waals surface area (Å²) in [6.07, 6.45) is -0.260. The van der Waals surface area contributed by atoms with Crippen LogP contribution in [0.15, 0.2) is 24.3 Å². The van der Waals surface area contributed by atoms with Gasteiger partial charge < -0.3 is 21.3 Å². The van der Waals surface area contributed by atoms with E-state index in [9.17, 15) is 14.4 Å². The molecule has 1 aromatic rings. The maximum atomic E-state index is 11.6. The van der Waals surface area contributed by atoms with Crippen molar-refractivity contribution in [3.63, 3.8) is 0 Å². The Labute approximate surface area is 115 Å². The summed E-state index contributed by atoms with van der Waals surface area (Å²) in [4.78, 5) is 32.9. The van der Waals surface area contributed by atoms with Crippen molar-refractivity contribution in [2.24, 2.45) is 0 Å². The molecule has 1 aromatic carbocycles. The standard InChI is InChI=1S/C13H16N2O5/c14-9-4-2-1-3-8(9)5-6-11(16)15-10(13(19)20)7-12(17)18/h1-4,10H,5-7,14H2,(H,15,16)(H,17,18)(H,19,20). The molecule has 5 N–H and O–H groups in total. The normalized spacial score (nSPS) is 11.6. The molecule has 0 bridgehead atoms. The lowest BCUT2D eigenvalue weighted by Crippen LogP contribution is -2.42. The highest BCUT2D eigenvalue weighted by molar-refractivity contribution is 5.86. The zero-order valence-corrected chi connectivity index (χ0v) is 10.7. The number of carboxylic acids is 2. The van der Waals surface area contributed by atoms with Gasteiger partial charge in [0.2, 0.25) is 5.91 Å². The molecule has 0 aromatic heterocycles. The predicted octanol–water partition coefficient (Wildman–Crippen LogP) is 0.245. The Kier molecular flexibility index (Phi) is 5.52. The van der Waals surface area contributed by atoms with Crippen molar-refractivity contribution in [3.05, 3.63) is 29.8 Å². The first-order valence-corrected chi connectivity index (χ1v) is 5.97. The molecule has 7 nitrogen and oxygen atoms in total. The molecule has 1 unspecified atom stereocenters. The van der Waals surface area contributed by atoms with Crippen LogP contribution in [0, 0.1) is 0 Å². The molecule has 0 heterocycles. The van der Waals surface area contributed by atoms with Crippen LogP contribution in [-0.2, 0) is 20.8 Å². The number of carboxylic acid groups (broad SMARTS) is 2. The van der Waals surface area contributed by atoms with Gasteiger partial charge in [0.15, 0.2) is 0 Å². The van der Waals surface area contributed by atoms with Crippen LogP contribution in [0.3, 0.4) is 0 Å². The number of anilines is 1. The fraction of sp³-hybridized carbons (Fsp3) is 0.308. The zero-order valence-electron chi connectivity index (χ0n) is 10.7. The van der Waals surface area contributed by atoms with Gasteiger partial charge >= 0.3 is 11.9 Å². The number of amides is 1. The largest absolute Gasteiger partial charge is 0.481 e. The van der Waals surface area contributed by atoms with E-state index in [1.165, 1.54) is 0 Å². The van der Waals surface area contributed by atoms with Crippen LogP contribution in [0.1, 0.15) is 18.4 Å². The van der Waals surface area contributed by atoms with Crippen LogP contribution in [0.4, 0.5) is 5.69 Å². The van der Waals surface area contributed by atoms with Crippen molar-refractivity contribution >= 4 is 23.5 Å². The minimum absolute atomic E-state index is 0.0393. The number of benzene rings is 1. The second-order valence-corrected chi connectivity index (χ2v) is 4.26. The topological polar surface area (TPSA) is 130 Å². The first-order chi connectivity index (χ1) is 9.40. The summed E-state index contributed by atoms with van der Waals surface area (Å²) in [5, 5.41) is 19.5. The van der Waals surface area contributed by atoms with Crippen molar-refractivity contribution in [1.29, 1.82) is 0 Å². The number of rotatable bonds is 7. The molecular formula is C13H16N2O5. The van der Waals surface area contributed by atoms with E-state index < -0.39 is 30.3 Å². The second kappa shape index (κ2) is 7.13. The molecule has 20 heavy (non-hydrogen) atoms. The van der Waals surface area contributed by atoms with Crippen molar-refractivity contribution in [2.75, 3.05) is 5.73 Å². The maximum absolute atomic E-state index is 11.6. The van der Waals surface area contributed by atoms with Crippen molar-refractivity contribution in [3.8, 4) is 0 Å². The Morgan fingerprint density at radius 1 is 1.20 bits per heavy atom. The SMILES string of the molecule is Nc1ccccc1CCC(=O)NC(CC(=O)O)C(=O)O. The van der Waals surface area contributed by atoms with E-state index in [4.69, 9.17) is 15.9 Å². The molecule has 0 spiro atoms. The molecule has 0 aliphatic heterocycles. The van der Waals surface area contributed by atoms with Gasteiger partial charge in [-0.05, 0) is 18.1 Å². The van der Waals surface area contributed by atoms with E-state index in [1.807, 2.05) is 0 Å². The summed E-state index contributed by atoms with van der Waals surface area (Å²) in [6, 6.07) is 5.61. The number of nitrogens with two attached hydrogens (primary N) is 1. The number of carbonyl (C=O) groups excluding carboxylic acids is 1. The Morgan fingerprint density at radius 3 is 2.40 bits per heavy atom. The molecule has 0 aliphatic carbocycles. The quantitative estimate of drug-likeness (QED) is 0.529. The molecule has 0 saturated heterocycles. The second-order valence-electron chi connectivity index (χ2n) is 4.26. The number of hydrogen-bond donors (Lipinski definition) is 4. The van der Waals surface area contributed by atoms with Crippen LogP contribution in [0.25, 0.3) is 0 Å². The van der Waals surface area contributed by atoms with E-state index in [0.29, 0.717) is 12.1 Å². The lowest BCUT2D eigenvalue weighted by Gasteiger charge is -2.12. The molecule has 0 fully saturated rings. The van der Waals surface area contributed by atoms with Gasteiger partial charge in [-0.3, -0.25) is 9.59 Å². The number of carbonyl (C=O) groups is 3. The Balaban J connectivity index is 2.52. The van der Waals surface area contributed by atoms with Crippen LogP contribution in [0.2, 0.25) is 0 Å². The third kappa shape index (κ3) is 4.97. The van der Waals surface area contributed by atoms with Crippen LogP contribution in [0.5, 0.6) is 0 Å². The Hall–Kier alpha value is -2.57. The number of para-hydroxylation sites is 1. The summed E-state index contributed by atoms with van der Waals surface area (Å²) >= 11 is 0. The molecular weight excluding hydrogens is 264 g/mol. The lowest BCUT2D eigenvalue weighted by molar-refractivity contribution is -0.147. The van der Waals surface area contributed by atoms with E-state index in [0.717, 1.165) is 5.56 Å². The average Bonchev–Trinajstić information content (AvgIpc) is 2.36. The minimum Gasteiger partial charge on any atom is -0.481 e. The summed E-state index contributed by atoms with van der Waals surface area (Å²) in [5.41, 5.74) is 7.06. The molecule has 1 atom stereocenters. The molecule has 0 aliphatic rings. The van der Waals surface area contributed by atoms with Crippen molar-refractivity contribution in [1.82, 2.24) is 5.32 Å². The highest BCUT2D eigenvalue weighted by Gasteiger charge is 2.22. The highest BCUT2D eigenvalue weighted by atomic mass is 16.4. The predicted molar refractivity (Wildman–Crippen MR) is 71.0 cm³/mol. The van der Waals surface area contributed by atoms with E-state index >= 15 is 0 Å². The van der Waals surface area contributed by atoms with Gasteiger partial charge in [-0.25, -0.2) is 4.79 Å². The maximum Gasteiger partial charge on any atom is 0.326 e. The number of aliphatic carboxylic acids is 2. The van der Waals surface area contributed by atoms with Gasteiger partial charge in [0.05, 0.1) is 6.42 Å². The Morgan fingerprint density at radius 2 is 1.85 bits per heavy atom. The molecule has 0 saturated carbocycles. The van der Waals surface area contributed by atoms with Gasteiger partial charge in [0, 0.05) is 12.1 Å². The fourth-order valence-corrected chi connectivity index (χ4v) is 1.65. The molecule has 1 rings (SSSR count). The molecule has 1 amide bonds. The van der Waals surface area contributed by atoms with Crippen LogP contribution >= 0.6 is 0 Å². The van der Waals surface area contributed by atoms with Gasteiger partial charge in [0.1, 0.15) is 6.04 Å². The number of hydrogen-bond acceptors (Lipinski definition) is 4. The van der Waals surface area contributed by atoms with Crippen molar-refractivity contribution in [2.45, 2.75) is 25.3 Å². The van der Waals surface area contributed by atoms with Crippen LogP contribution in [-0.4, -0.2) is 34.1 Å². The smallest absolute Gasteiger partial charge is 0.326 e. The van der Waals surface area contributed by atoms with Crippen LogP contribution < -0.4 is 11.1 Å². The average molecular weight is 280 g/mol. The van der Waals surface area contributed by atoms with Gasteiger partial charge in [-0.2, -0.15) is 0 Å². The molecule has 108 valence electrons. The number of aryl methyl sites for hydroxylation is 1. The minimum atomic E-state index is -1.42. The summed E-state index contributed by atoms with van der Waals surface area (Å²) in [5.74, 6) is -3.19. The zero-order chi connectivity index (χ0) is 15.1. The summed E-state index contributed by atoms with van der Waals surface area (Å²) in [6.45, 7) is 0. The number of nitrogens with one attached hydrogen (secondary N) is 1. The molecule has 7 heteroatoms. The van der Waals surface area contributed by atoms with Crippen molar-refractivity contribution < 1.29 is 24.6 Å². The van der Waals surface area contributed by atoms with Gasteiger partial charge in [-0.15, -0.1) is 0 Å². The number of nitrogen functional groups attached to an aromatic ring is 1. The third-order valence-electron chi connectivity index (χ3n) is 2.69. The first-order valence-electron chi connectivity index (χ1n) is 5.97. The van der Waals surface area contributed by atoms with E-state index in [1.54, 1.807) is 24.3 Å². The fourth-order valence-electron chi connectivity index (χ4n) is 1.65. The Bertz CT molecular complexity index is 515. The third-order valence-corrected chi connectivity index (χ3v) is 2.69. The first kappa shape index (κ1) is 15.5. The highest BCUT2D eigenvalue weighted by Crippen LogP contribution is 2.12. The lowest BCUT2D eigenvalue weighted by atomic mass is 10.1. The van der Waals surface area contributed by atoms with Gasteiger partial charge in [0.25, 0.3) is 0 Å².